The predicted octanol–water partition coefficient (Wildman–Crippen LogP) is 3.16. The van der Waals surface area contributed by atoms with Crippen LogP contribution in [-0.4, -0.2) is 10.2 Å². The number of H-pyrrole nitrogens is 1. The molecule has 0 bridgehead atoms. The summed E-state index contributed by atoms with van der Waals surface area (Å²) in [5, 5.41) is 9.99. The van der Waals surface area contributed by atoms with E-state index in [0.29, 0.717) is 0 Å². The van der Waals surface area contributed by atoms with Crippen molar-refractivity contribution in [3.05, 3.63) is 52.0 Å². The lowest BCUT2D eigenvalue weighted by atomic mass is 10.1. The quantitative estimate of drug-likeness (QED) is 0.910. The molecule has 5 heteroatoms. The van der Waals surface area contributed by atoms with E-state index in [1.54, 1.807) is 12.3 Å². The Balaban J connectivity index is 2.01. The molecule has 2 N–H and O–H groups in total. The Labute approximate surface area is 108 Å². The number of halogens is 2. The molecule has 0 saturated heterocycles. The third-order valence-electron chi connectivity index (χ3n) is 2.60. The predicted molar refractivity (Wildman–Crippen MR) is 67.9 cm³/mol. The lowest BCUT2D eigenvalue weighted by molar-refractivity contribution is 0.569. The Morgan fingerprint density at radius 2 is 2.35 bits per heavy atom. The minimum Gasteiger partial charge on any atom is -0.306 e. The van der Waals surface area contributed by atoms with E-state index in [0.717, 1.165) is 22.1 Å². The van der Waals surface area contributed by atoms with Crippen LogP contribution in [0.15, 0.2) is 35.1 Å². The highest BCUT2D eigenvalue weighted by Crippen LogP contribution is 2.24. The van der Waals surface area contributed by atoms with E-state index >= 15 is 0 Å². The van der Waals surface area contributed by atoms with Crippen molar-refractivity contribution in [1.82, 2.24) is 15.5 Å². The molecule has 2 aromatic rings. The van der Waals surface area contributed by atoms with Crippen molar-refractivity contribution in [2.24, 2.45) is 0 Å². The Bertz CT molecular complexity index is 485. The first kappa shape index (κ1) is 12.3. The Morgan fingerprint density at radius 3 is 3.00 bits per heavy atom. The summed E-state index contributed by atoms with van der Waals surface area (Å²) in [5.41, 5.74) is 2.13. The second-order valence-electron chi connectivity index (χ2n) is 3.87. The lowest BCUT2D eigenvalue weighted by Crippen LogP contribution is -2.18. The molecule has 1 aromatic heterocycles. The molecule has 0 fully saturated rings. The summed E-state index contributed by atoms with van der Waals surface area (Å²) < 4.78 is 13.7. The molecule has 0 aliphatic rings. The zero-order chi connectivity index (χ0) is 12.3. The topological polar surface area (TPSA) is 40.7 Å². The number of hydrogen-bond acceptors (Lipinski definition) is 2. The van der Waals surface area contributed by atoms with Crippen LogP contribution < -0.4 is 5.32 Å². The maximum absolute atomic E-state index is 13.0. The summed E-state index contributed by atoms with van der Waals surface area (Å²) in [6, 6.07) is 4.87. The maximum Gasteiger partial charge on any atom is 0.124 e. The molecule has 0 radical (unpaired) electrons. The first-order valence-corrected chi connectivity index (χ1v) is 6.12. The molecule has 3 nitrogen and oxygen atoms in total. The second kappa shape index (κ2) is 5.42. The number of rotatable bonds is 4. The Hall–Kier alpha value is -1.20. The van der Waals surface area contributed by atoms with Gasteiger partial charge < -0.3 is 5.32 Å². The van der Waals surface area contributed by atoms with E-state index < -0.39 is 0 Å². The van der Waals surface area contributed by atoms with Gasteiger partial charge >= 0.3 is 0 Å². The molecule has 0 aliphatic carbocycles. The Morgan fingerprint density at radius 1 is 1.53 bits per heavy atom. The zero-order valence-corrected chi connectivity index (χ0v) is 11.0. The minimum absolute atomic E-state index is 0.139. The van der Waals surface area contributed by atoms with Crippen molar-refractivity contribution < 1.29 is 4.39 Å². The number of hydrogen-bond donors (Lipinski definition) is 2. The van der Waals surface area contributed by atoms with Gasteiger partial charge in [0.15, 0.2) is 0 Å². The van der Waals surface area contributed by atoms with E-state index in [1.807, 2.05) is 13.1 Å². The summed E-state index contributed by atoms with van der Waals surface area (Å²) in [4.78, 5) is 0. The molecule has 1 unspecified atom stereocenters. The van der Waals surface area contributed by atoms with Crippen molar-refractivity contribution >= 4 is 15.9 Å². The molecule has 17 heavy (non-hydrogen) atoms. The SMILES string of the molecule is CC(NCc1cn[nH]c1)c1ccc(F)cc1Br. The van der Waals surface area contributed by atoms with Crippen molar-refractivity contribution in [3.8, 4) is 0 Å². The van der Waals surface area contributed by atoms with Gasteiger partial charge in [-0.1, -0.05) is 22.0 Å². The zero-order valence-electron chi connectivity index (χ0n) is 9.37. The molecule has 1 aromatic carbocycles. The number of aromatic nitrogens is 2. The van der Waals surface area contributed by atoms with Crippen LogP contribution in [-0.2, 0) is 6.54 Å². The van der Waals surface area contributed by atoms with Gasteiger partial charge in [-0.05, 0) is 24.6 Å². The van der Waals surface area contributed by atoms with Gasteiger partial charge in [0.2, 0.25) is 0 Å². The molecule has 0 spiro atoms. The van der Waals surface area contributed by atoms with Crippen molar-refractivity contribution in [2.45, 2.75) is 19.5 Å². The van der Waals surface area contributed by atoms with Gasteiger partial charge in [-0.25, -0.2) is 4.39 Å². The van der Waals surface area contributed by atoms with Crippen LogP contribution in [0.5, 0.6) is 0 Å². The van der Waals surface area contributed by atoms with Gasteiger partial charge in [0.1, 0.15) is 5.82 Å². The summed E-state index contributed by atoms with van der Waals surface area (Å²) >= 11 is 3.37. The first-order chi connectivity index (χ1) is 8.16. The molecule has 0 amide bonds. The third kappa shape index (κ3) is 3.14. The molecule has 2 rings (SSSR count). The van der Waals surface area contributed by atoms with Gasteiger partial charge in [0.05, 0.1) is 6.20 Å². The average molecular weight is 298 g/mol. The number of benzene rings is 1. The van der Waals surface area contributed by atoms with E-state index in [1.165, 1.54) is 12.1 Å². The number of aromatic amines is 1. The van der Waals surface area contributed by atoms with Gasteiger partial charge in [-0.2, -0.15) is 5.10 Å². The largest absolute Gasteiger partial charge is 0.306 e. The fourth-order valence-corrected chi connectivity index (χ4v) is 2.30. The molecular formula is C12H13BrFN3. The van der Waals surface area contributed by atoms with Crippen molar-refractivity contribution in [3.63, 3.8) is 0 Å². The first-order valence-electron chi connectivity index (χ1n) is 5.33. The highest BCUT2D eigenvalue weighted by molar-refractivity contribution is 9.10. The maximum atomic E-state index is 13.0. The summed E-state index contributed by atoms with van der Waals surface area (Å²) in [7, 11) is 0. The molecule has 1 heterocycles. The van der Waals surface area contributed by atoms with Crippen LogP contribution in [0.1, 0.15) is 24.1 Å². The second-order valence-corrected chi connectivity index (χ2v) is 4.73. The lowest BCUT2D eigenvalue weighted by Gasteiger charge is -2.15. The third-order valence-corrected chi connectivity index (χ3v) is 3.28. The molecule has 1 atom stereocenters. The van der Waals surface area contributed by atoms with Gasteiger partial charge in [0.25, 0.3) is 0 Å². The molecule has 0 saturated carbocycles. The van der Waals surface area contributed by atoms with Gasteiger partial charge in [0, 0.05) is 28.8 Å². The summed E-state index contributed by atoms with van der Waals surface area (Å²) in [5.74, 6) is -0.234. The number of nitrogens with one attached hydrogen (secondary N) is 2. The van der Waals surface area contributed by atoms with E-state index in [9.17, 15) is 4.39 Å². The van der Waals surface area contributed by atoms with Crippen LogP contribution in [0.25, 0.3) is 0 Å². The fraction of sp³-hybridized carbons (Fsp3) is 0.250. The van der Waals surface area contributed by atoms with E-state index in [2.05, 4.69) is 31.4 Å². The Kier molecular flexibility index (Phi) is 3.91. The van der Waals surface area contributed by atoms with Crippen molar-refractivity contribution in [2.75, 3.05) is 0 Å². The highest BCUT2D eigenvalue weighted by atomic mass is 79.9. The van der Waals surface area contributed by atoms with Crippen LogP contribution >= 0.6 is 15.9 Å². The van der Waals surface area contributed by atoms with Crippen LogP contribution in [0.3, 0.4) is 0 Å². The average Bonchev–Trinajstić information content (AvgIpc) is 2.78. The van der Waals surface area contributed by atoms with Crippen molar-refractivity contribution in [1.29, 1.82) is 0 Å². The smallest absolute Gasteiger partial charge is 0.124 e. The van der Waals surface area contributed by atoms with E-state index in [4.69, 9.17) is 0 Å². The number of nitrogens with zero attached hydrogens (tertiary/aromatic N) is 1. The van der Waals surface area contributed by atoms with E-state index in [-0.39, 0.29) is 11.9 Å². The van der Waals surface area contributed by atoms with Crippen LogP contribution in [0, 0.1) is 5.82 Å². The standard InChI is InChI=1S/C12H13BrFN3/c1-8(15-5-9-6-16-17-7-9)11-3-2-10(14)4-12(11)13/h2-4,6-8,15H,5H2,1H3,(H,16,17). The van der Waals surface area contributed by atoms with Gasteiger partial charge in [-0.15, -0.1) is 0 Å². The monoisotopic (exact) mass is 297 g/mol. The van der Waals surface area contributed by atoms with Crippen LogP contribution in [0.4, 0.5) is 4.39 Å². The normalized spacial score (nSPS) is 12.6. The summed E-state index contributed by atoms with van der Waals surface area (Å²) in [6.07, 6.45) is 3.62. The molecular weight excluding hydrogens is 285 g/mol. The molecule has 90 valence electrons. The highest BCUT2D eigenvalue weighted by Gasteiger charge is 2.09. The fourth-order valence-electron chi connectivity index (χ4n) is 1.61. The minimum atomic E-state index is -0.234. The summed E-state index contributed by atoms with van der Waals surface area (Å²) in [6.45, 7) is 2.76. The van der Waals surface area contributed by atoms with Crippen LogP contribution in [0.2, 0.25) is 0 Å². The molecule has 0 aliphatic heterocycles. The van der Waals surface area contributed by atoms with Gasteiger partial charge in [-0.3, -0.25) is 5.10 Å².